The van der Waals surface area contributed by atoms with Crippen molar-refractivity contribution in [2.45, 2.75) is 19.6 Å². The molecule has 1 heterocycles. The molecule has 1 N–H and O–H groups in total. The Morgan fingerprint density at radius 3 is 2.88 bits per heavy atom. The summed E-state index contributed by atoms with van der Waals surface area (Å²) in [5, 5.41) is 15.6. The molecular formula is C16H15ClN4O4. The maximum Gasteiger partial charge on any atom is 0.412 e. The fourth-order valence-electron chi connectivity index (χ4n) is 1.98. The van der Waals surface area contributed by atoms with Gasteiger partial charge in [-0.2, -0.15) is 10.4 Å². The number of amides is 1. The molecule has 1 aromatic heterocycles. The molecule has 1 atom stereocenters. The first kappa shape index (κ1) is 18.3. The van der Waals surface area contributed by atoms with Gasteiger partial charge in [0.1, 0.15) is 6.07 Å². The summed E-state index contributed by atoms with van der Waals surface area (Å²) in [6, 6.07) is 8.18. The molecule has 0 saturated heterocycles. The summed E-state index contributed by atoms with van der Waals surface area (Å²) in [4.78, 5) is 24.1. The minimum absolute atomic E-state index is 0.00706. The van der Waals surface area contributed by atoms with E-state index in [0.29, 0.717) is 0 Å². The predicted octanol–water partition coefficient (Wildman–Crippen LogP) is 2.59. The number of halogens is 1. The molecule has 0 saturated carbocycles. The number of esters is 1. The summed E-state index contributed by atoms with van der Waals surface area (Å²) < 4.78 is 11.5. The maximum atomic E-state index is 12.1. The molecule has 0 radical (unpaired) electrons. The number of rotatable bonds is 6. The number of ether oxygens (including phenoxy) is 2. The van der Waals surface area contributed by atoms with E-state index in [1.165, 1.54) is 23.0 Å². The summed E-state index contributed by atoms with van der Waals surface area (Å²) in [6.45, 7) is 1.78. The molecule has 1 unspecified atom stereocenters. The molecule has 1 amide bonds. The number of hydrogen-bond acceptors (Lipinski definition) is 6. The number of carbonyl (C=O) groups is 2. The largest absolute Gasteiger partial charge is 0.463 e. The van der Waals surface area contributed by atoms with Crippen LogP contribution in [0.3, 0.4) is 0 Å². The molecule has 0 aliphatic heterocycles. The molecule has 1 aromatic carbocycles. The van der Waals surface area contributed by atoms with E-state index < -0.39 is 18.2 Å². The van der Waals surface area contributed by atoms with Crippen LogP contribution >= 0.6 is 11.6 Å². The van der Waals surface area contributed by atoms with Crippen molar-refractivity contribution in [3.63, 3.8) is 0 Å². The summed E-state index contributed by atoms with van der Waals surface area (Å²) in [5.74, 6) is -0.701. The van der Waals surface area contributed by atoms with Crippen molar-refractivity contribution in [1.29, 1.82) is 5.26 Å². The van der Waals surface area contributed by atoms with Gasteiger partial charge in [-0.15, -0.1) is 0 Å². The SMILES string of the molecule is CCOC(=O)C(Cn1cccn1)OC(=O)Nc1c(Cl)cccc1C#N. The molecule has 2 aromatic rings. The molecule has 2 rings (SSSR count). The van der Waals surface area contributed by atoms with Crippen LogP contribution < -0.4 is 5.32 Å². The fraction of sp³-hybridized carbons (Fsp3) is 0.250. The highest BCUT2D eigenvalue weighted by Gasteiger charge is 2.26. The standard InChI is InChI=1S/C16H15ClN4O4/c1-2-24-15(22)13(10-21-8-4-7-19-21)25-16(23)20-14-11(9-18)5-3-6-12(14)17/h3-8,13H,2,10H2,1H3,(H,20,23). The van der Waals surface area contributed by atoms with E-state index in [0.717, 1.165) is 0 Å². The lowest BCUT2D eigenvalue weighted by Gasteiger charge is -2.17. The Balaban J connectivity index is 2.11. The highest BCUT2D eigenvalue weighted by atomic mass is 35.5. The number of hydrogen-bond donors (Lipinski definition) is 1. The Hall–Kier alpha value is -3.05. The first-order chi connectivity index (χ1) is 12.0. The topological polar surface area (TPSA) is 106 Å². The van der Waals surface area contributed by atoms with Crippen molar-refractivity contribution in [3.8, 4) is 6.07 Å². The van der Waals surface area contributed by atoms with Crippen LogP contribution in [0.4, 0.5) is 10.5 Å². The number of aromatic nitrogens is 2. The molecule has 25 heavy (non-hydrogen) atoms. The summed E-state index contributed by atoms with van der Waals surface area (Å²) in [6.07, 6.45) is 1.02. The molecule has 0 fully saturated rings. The lowest BCUT2D eigenvalue weighted by Crippen LogP contribution is -2.35. The van der Waals surface area contributed by atoms with Crippen LogP contribution in [0.2, 0.25) is 5.02 Å². The molecule has 8 nitrogen and oxygen atoms in total. The van der Waals surface area contributed by atoms with Crippen LogP contribution in [0.1, 0.15) is 12.5 Å². The first-order valence-electron chi connectivity index (χ1n) is 7.35. The lowest BCUT2D eigenvalue weighted by molar-refractivity contribution is -0.153. The van der Waals surface area contributed by atoms with E-state index >= 15 is 0 Å². The third-order valence-corrected chi connectivity index (χ3v) is 3.39. The number of nitrogens with one attached hydrogen (secondary N) is 1. The number of benzene rings is 1. The first-order valence-corrected chi connectivity index (χ1v) is 7.73. The molecular weight excluding hydrogens is 348 g/mol. The average Bonchev–Trinajstić information content (AvgIpc) is 3.09. The number of nitrogens with zero attached hydrogens (tertiary/aromatic N) is 3. The van der Waals surface area contributed by atoms with Crippen LogP contribution in [-0.4, -0.2) is 34.6 Å². The van der Waals surface area contributed by atoms with E-state index in [9.17, 15) is 9.59 Å². The van der Waals surface area contributed by atoms with Gasteiger partial charge in [0.2, 0.25) is 6.10 Å². The molecule has 130 valence electrons. The predicted molar refractivity (Wildman–Crippen MR) is 88.9 cm³/mol. The molecule has 0 spiro atoms. The Kier molecular flexibility index (Phi) is 6.37. The Morgan fingerprint density at radius 1 is 1.44 bits per heavy atom. The normalized spacial score (nSPS) is 11.2. The Morgan fingerprint density at radius 2 is 2.24 bits per heavy atom. The molecule has 9 heteroatoms. The van der Waals surface area contributed by atoms with E-state index in [4.69, 9.17) is 26.3 Å². The van der Waals surface area contributed by atoms with Gasteiger partial charge in [0.15, 0.2) is 0 Å². The summed E-state index contributed by atoms with van der Waals surface area (Å²) >= 11 is 5.99. The highest BCUT2D eigenvalue weighted by molar-refractivity contribution is 6.34. The Labute approximate surface area is 148 Å². The number of carbonyl (C=O) groups excluding carboxylic acids is 2. The lowest BCUT2D eigenvalue weighted by atomic mass is 10.2. The second-order valence-corrected chi connectivity index (χ2v) is 5.18. The minimum atomic E-state index is -1.20. The van der Waals surface area contributed by atoms with Crippen molar-refractivity contribution in [3.05, 3.63) is 47.2 Å². The van der Waals surface area contributed by atoms with Gasteiger partial charge in [-0.05, 0) is 25.1 Å². The third-order valence-electron chi connectivity index (χ3n) is 3.07. The fourth-order valence-corrected chi connectivity index (χ4v) is 2.20. The van der Waals surface area contributed by atoms with Crippen molar-refractivity contribution in [1.82, 2.24) is 9.78 Å². The monoisotopic (exact) mass is 362 g/mol. The number of nitriles is 1. The Bertz CT molecular complexity index is 786. The van der Waals surface area contributed by atoms with E-state index in [1.54, 1.807) is 25.3 Å². The highest BCUT2D eigenvalue weighted by Crippen LogP contribution is 2.25. The van der Waals surface area contributed by atoms with Crippen LogP contribution in [0.5, 0.6) is 0 Å². The second kappa shape index (κ2) is 8.70. The van der Waals surface area contributed by atoms with Crippen LogP contribution in [0.15, 0.2) is 36.7 Å². The van der Waals surface area contributed by atoms with Crippen molar-refractivity contribution < 1.29 is 19.1 Å². The third kappa shape index (κ3) is 4.96. The summed E-state index contributed by atoms with van der Waals surface area (Å²) in [7, 11) is 0. The average molecular weight is 363 g/mol. The van der Waals surface area contributed by atoms with E-state index in [1.807, 2.05) is 6.07 Å². The van der Waals surface area contributed by atoms with Gasteiger partial charge < -0.3 is 9.47 Å². The quantitative estimate of drug-likeness (QED) is 0.791. The van der Waals surface area contributed by atoms with Gasteiger partial charge in [-0.3, -0.25) is 10.00 Å². The zero-order valence-corrected chi connectivity index (χ0v) is 14.1. The maximum absolute atomic E-state index is 12.1. The van der Waals surface area contributed by atoms with E-state index in [-0.39, 0.29) is 29.4 Å². The zero-order valence-electron chi connectivity index (χ0n) is 13.3. The van der Waals surface area contributed by atoms with Gasteiger partial charge in [-0.25, -0.2) is 9.59 Å². The zero-order chi connectivity index (χ0) is 18.2. The number of para-hydroxylation sites is 1. The molecule has 0 aliphatic carbocycles. The van der Waals surface area contributed by atoms with Crippen molar-refractivity contribution in [2.24, 2.45) is 0 Å². The minimum Gasteiger partial charge on any atom is -0.463 e. The van der Waals surface area contributed by atoms with Crippen LogP contribution in [0.25, 0.3) is 0 Å². The van der Waals surface area contributed by atoms with Crippen LogP contribution in [0, 0.1) is 11.3 Å². The van der Waals surface area contributed by atoms with Gasteiger partial charge in [0.25, 0.3) is 0 Å². The molecule has 0 bridgehead atoms. The summed E-state index contributed by atoms with van der Waals surface area (Å²) in [5.41, 5.74) is 0.280. The van der Waals surface area contributed by atoms with Gasteiger partial charge in [-0.1, -0.05) is 17.7 Å². The molecule has 0 aliphatic rings. The smallest absolute Gasteiger partial charge is 0.412 e. The number of anilines is 1. The van der Waals surface area contributed by atoms with Gasteiger partial charge >= 0.3 is 12.1 Å². The van der Waals surface area contributed by atoms with Gasteiger partial charge in [0, 0.05) is 12.4 Å². The second-order valence-electron chi connectivity index (χ2n) is 4.77. The van der Waals surface area contributed by atoms with Crippen molar-refractivity contribution >= 4 is 29.4 Å². The van der Waals surface area contributed by atoms with Gasteiger partial charge in [0.05, 0.1) is 29.4 Å². The van der Waals surface area contributed by atoms with Crippen LogP contribution in [-0.2, 0) is 20.8 Å². The van der Waals surface area contributed by atoms with E-state index in [2.05, 4.69) is 10.4 Å². The van der Waals surface area contributed by atoms with Crippen molar-refractivity contribution in [2.75, 3.05) is 11.9 Å².